The predicted molar refractivity (Wildman–Crippen MR) is 129 cm³/mol. The van der Waals surface area contributed by atoms with E-state index in [2.05, 4.69) is 21.0 Å². The van der Waals surface area contributed by atoms with Crippen molar-refractivity contribution in [3.05, 3.63) is 82.4 Å². The van der Waals surface area contributed by atoms with Crippen LogP contribution in [0.4, 0.5) is 10.1 Å². The monoisotopic (exact) mass is 479 g/mol. The Bertz CT molecular complexity index is 1260. The lowest BCUT2D eigenvalue weighted by molar-refractivity contribution is -0.124. The predicted octanol–water partition coefficient (Wildman–Crippen LogP) is 2.51. The van der Waals surface area contributed by atoms with Crippen molar-refractivity contribution in [1.82, 2.24) is 20.4 Å². The molecule has 0 saturated carbocycles. The number of rotatable bonds is 9. The molecule has 9 nitrogen and oxygen atoms in total. The number of benzene rings is 2. The van der Waals surface area contributed by atoms with Gasteiger partial charge in [-0.2, -0.15) is 5.10 Å². The van der Waals surface area contributed by atoms with E-state index < -0.39 is 17.5 Å². The molecule has 0 aliphatic heterocycles. The maximum Gasteiger partial charge on any atom is 0.267 e. The number of anilines is 1. The lowest BCUT2D eigenvalue weighted by atomic mass is 10.1. The van der Waals surface area contributed by atoms with Crippen molar-refractivity contribution in [1.29, 1.82) is 0 Å². The first-order valence-electron chi connectivity index (χ1n) is 11.1. The normalized spacial score (nSPS) is 11.4. The number of carbonyl (C=O) groups is 3. The average molecular weight is 480 g/mol. The van der Waals surface area contributed by atoms with E-state index in [1.807, 2.05) is 0 Å². The molecule has 0 spiro atoms. The number of amides is 3. The SMILES string of the molecule is CCC(=O)Nc1ccc(C(=O)NCCNC(=O)C(C)n2nc(-c3ccc(F)cc3)ccc2=O)cc1. The van der Waals surface area contributed by atoms with E-state index in [0.29, 0.717) is 28.9 Å². The minimum absolute atomic E-state index is 0.119. The lowest BCUT2D eigenvalue weighted by Crippen LogP contribution is -2.40. The fraction of sp³-hybridized carbons (Fsp3) is 0.240. The molecule has 3 N–H and O–H groups in total. The van der Waals surface area contributed by atoms with Gasteiger partial charge in [0.1, 0.15) is 11.9 Å². The molecule has 0 saturated heterocycles. The van der Waals surface area contributed by atoms with E-state index in [0.717, 1.165) is 4.68 Å². The van der Waals surface area contributed by atoms with Gasteiger partial charge < -0.3 is 16.0 Å². The third-order valence-corrected chi connectivity index (χ3v) is 5.17. The quantitative estimate of drug-likeness (QED) is 0.407. The smallest absolute Gasteiger partial charge is 0.267 e. The van der Waals surface area contributed by atoms with E-state index in [1.54, 1.807) is 31.2 Å². The second-order valence-corrected chi connectivity index (χ2v) is 7.71. The molecule has 0 aliphatic carbocycles. The molecule has 10 heteroatoms. The summed E-state index contributed by atoms with van der Waals surface area (Å²) < 4.78 is 14.2. The van der Waals surface area contributed by atoms with E-state index >= 15 is 0 Å². The molecule has 0 bridgehead atoms. The van der Waals surface area contributed by atoms with Crippen LogP contribution in [0.2, 0.25) is 0 Å². The molecule has 0 aliphatic rings. The Balaban J connectivity index is 1.52. The van der Waals surface area contributed by atoms with Crippen LogP contribution >= 0.6 is 0 Å². The zero-order valence-electron chi connectivity index (χ0n) is 19.4. The summed E-state index contributed by atoms with van der Waals surface area (Å²) in [5.74, 6) is -1.28. The van der Waals surface area contributed by atoms with Crippen molar-refractivity contribution >= 4 is 23.4 Å². The van der Waals surface area contributed by atoms with E-state index in [-0.39, 0.29) is 30.7 Å². The zero-order chi connectivity index (χ0) is 25.4. The summed E-state index contributed by atoms with van der Waals surface area (Å²) in [7, 11) is 0. The van der Waals surface area contributed by atoms with Crippen LogP contribution in [0.15, 0.2) is 65.5 Å². The van der Waals surface area contributed by atoms with Crippen LogP contribution in [-0.2, 0) is 9.59 Å². The molecule has 3 aromatic rings. The first-order valence-corrected chi connectivity index (χ1v) is 11.1. The summed E-state index contributed by atoms with van der Waals surface area (Å²) >= 11 is 0. The molecule has 1 heterocycles. The first-order chi connectivity index (χ1) is 16.8. The number of aromatic nitrogens is 2. The highest BCUT2D eigenvalue weighted by molar-refractivity contribution is 5.95. The number of carbonyl (C=O) groups excluding carboxylic acids is 3. The molecule has 3 amide bonds. The standard InChI is InChI=1S/C25H26FN5O4/c1-3-22(32)29-20-10-6-18(7-11-20)25(35)28-15-14-27-24(34)16(2)31-23(33)13-12-21(30-31)17-4-8-19(26)9-5-17/h4-13,16H,3,14-15H2,1-2H3,(H,27,34)(H,28,35)(H,29,32). The number of hydrogen-bond acceptors (Lipinski definition) is 5. The molecule has 1 aromatic heterocycles. The van der Waals surface area contributed by atoms with Crippen molar-refractivity contribution in [2.75, 3.05) is 18.4 Å². The summed E-state index contributed by atoms with van der Waals surface area (Å²) in [4.78, 5) is 48.5. The minimum Gasteiger partial charge on any atom is -0.352 e. The first kappa shape index (κ1) is 25.3. The van der Waals surface area contributed by atoms with Crippen LogP contribution in [0.25, 0.3) is 11.3 Å². The summed E-state index contributed by atoms with van der Waals surface area (Å²) in [6.45, 7) is 3.60. The second kappa shape index (κ2) is 11.7. The van der Waals surface area contributed by atoms with Crippen molar-refractivity contribution in [3.63, 3.8) is 0 Å². The Morgan fingerprint density at radius 1 is 0.943 bits per heavy atom. The topological polar surface area (TPSA) is 122 Å². The highest BCUT2D eigenvalue weighted by Crippen LogP contribution is 2.16. The van der Waals surface area contributed by atoms with E-state index in [9.17, 15) is 23.6 Å². The maximum atomic E-state index is 13.2. The third kappa shape index (κ3) is 6.83. The maximum absolute atomic E-state index is 13.2. The van der Waals surface area contributed by atoms with Gasteiger partial charge in [-0.25, -0.2) is 9.07 Å². The number of nitrogens with one attached hydrogen (secondary N) is 3. The van der Waals surface area contributed by atoms with Gasteiger partial charge in [-0.3, -0.25) is 19.2 Å². The molecule has 0 radical (unpaired) electrons. The van der Waals surface area contributed by atoms with Gasteiger partial charge in [0.25, 0.3) is 11.5 Å². The summed E-state index contributed by atoms with van der Waals surface area (Å²) in [6.07, 6.45) is 0.358. The second-order valence-electron chi connectivity index (χ2n) is 7.71. The molecular formula is C25H26FN5O4. The van der Waals surface area contributed by atoms with Gasteiger partial charge in [-0.05, 0) is 61.5 Å². The Kier molecular flexibility index (Phi) is 8.44. The van der Waals surface area contributed by atoms with Gasteiger partial charge in [0.15, 0.2) is 0 Å². The van der Waals surface area contributed by atoms with Crippen LogP contribution in [0.5, 0.6) is 0 Å². The Hall–Kier alpha value is -4.34. The fourth-order valence-electron chi connectivity index (χ4n) is 3.15. The van der Waals surface area contributed by atoms with Gasteiger partial charge in [0.2, 0.25) is 11.8 Å². The third-order valence-electron chi connectivity index (χ3n) is 5.17. The Morgan fingerprint density at radius 2 is 1.60 bits per heavy atom. The largest absolute Gasteiger partial charge is 0.352 e. The number of hydrogen-bond donors (Lipinski definition) is 3. The molecule has 1 unspecified atom stereocenters. The van der Waals surface area contributed by atoms with Crippen LogP contribution in [0.3, 0.4) is 0 Å². The molecule has 3 rings (SSSR count). The molecule has 0 fully saturated rings. The van der Waals surface area contributed by atoms with Crippen molar-refractivity contribution in [2.24, 2.45) is 0 Å². The molecule has 1 atom stereocenters. The van der Waals surface area contributed by atoms with E-state index in [4.69, 9.17) is 0 Å². The lowest BCUT2D eigenvalue weighted by Gasteiger charge is -2.15. The van der Waals surface area contributed by atoms with Gasteiger partial charge in [-0.15, -0.1) is 0 Å². The van der Waals surface area contributed by atoms with E-state index in [1.165, 1.54) is 43.3 Å². The highest BCUT2D eigenvalue weighted by atomic mass is 19.1. The average Bonchev–Trinajstić information content (AvgIpc) is 2.87. The minimum atomic E-state index is -0.899. The Labute approximate surface area is 201 Å². The molecule has 2 aromatic carbocycles. The van der Waals surface area contributed by atoms with Gasteiger partial charge in [0.05, 0.1) is 5.69 Å². The summed E-state index contributed by atoms with van der Waals surface area (Å²) in [5.41, 5.74) is 1.59. The molecular weight excluding hydrogens is 453 g/mol. The molecule has 182 valence electrons. The van der Waals surface area contributed by atoms with Gasteiger partial charge >= 0.3 is 0 Å². The van der Waals surface area contributed by atoms with Crippen molar-refractivity contribution < 1.29 is 18.8 Å². The highest BCUT2D eigenvalue weighted by Gasteiger charge is 2.18. The number of nitrogens with zero attached hydrogens (tertiary/aromatic N) is 2. The van der Waals surface area contributed by atoms with Crippen LogP contribution in [-0.4, -0.2) is 40.6 Å². The van der Waals surface area contributed by atoms with Crippen LogP contribution < -0.4 is 21.5 Å². The summed E-state index contributed by atoms with van der Waals surface area (Å²) in [6, 6.07) is 14.0. The van der Waals surface area contributed by atoms with Crippen molar-refractivity contribution in [3.8, 4) is 11.3 Å². The Morgan fingerprint density at radius 3 is 2.26 bits per heavy atom. The molecule has 35 heavy (non-hydrogen) atoms. The zero-order valence-corrected chi connectivity index (χ0v) is 19.4. The summed E-state index contributed by atoms with van der Waals surface area (Å²) in [5, 5.41) is 12.3. The van der Waals surface area contributed by atoms with Crippen LogP contribution in [0, 0.1) is 5.82 Å². The van der Waals surface area contributed by atoms with Crippen LogP contribution in [0.1, 0.15) is 36.7 Å². The fourth-order valence-corrected chi connectivity index (χ4v) is 3.15. The number of halogens is 1. The van der Waals surface area contributed by atoms with Crippen molar-refractivity contribution in [2.45, 2.75) is 26.3 Å². The van der Waals surface area contributed by atoms with Gasteiger partial charge in [-0.1, -0.05) is 6.92 Å². The van der Waals surface area contributed by atoms with Gasteiger partial charge in [0, 0.05) is 42.4 Å².